The van der Waals surface area contributed by atoms with Crippen LogP contribution in [0.1, 0.15) is 146 Å². The Morgan fingerprint density at radius 1 is 0.417 bits per heavy atom. The van der Waals surface area contributed by atoms with Crippen molar-refractivity contribution < 1.29 is 67.1 Å². The Balaban J connectivity index is -0.000000371. The predicted octanol–water partition coefficient (Wildman–Crippen LogP) is -0.169. The molecule has 0 aliphatic carbocycles. The third-order valence-corrected chi connectivity index (χ3v) is 11.5. The number of carbonyl (C=O) groups is 13. The number of hydrogen-bond acceptors (Lipinski definition) is 15. The van der Waals surface area contributed by atoms with Crippen LogP contribution in [-0.4, -0.2) is 196 Å². The number of nitrogens with one attached hydrogen (secondary N) is 11. The van der Waals surface area contributed by atoms with Crippen LogP contribution in [0.15, 0.2) is 0 Å². The summed E-state index contributed by atoms with van der Waals surface area (Å²) in [5.41, 5.74) is 55.5. The standard InChI is InChI=1S/C29H52N10O9.C19H36N8O5.4CH4/c1-19(40)34-13-8-5-11-22(38-29(47)48-2)28(46)37-16-12-25(43)39(17-23(41)35-14-6-3-9-20(30)26(32)44)18-24(42)36-15-7-4-10-21(31)27(33)45;20-8-7-17(30)27(11-15(28)25-9-3-1-5-13(21)18(23)31)12-16(29)26-10-4-2-6-14(22)19(24)32;;;;/h20-22,30-31H,3-18H2,1-2H3,(H2,32,44)(H2,33,45)(H,34,40)(H,35,41)(H,36,42)(H,37,46)(H,38,47);13-14,21-22H,1-12,20H2,(H2,23,31)(H2,24,32)(H,25,28)(H,26,29);4*1H4/q2*-2;;;;/t20?,21?,22-;;;;;/m0...../s1. The van der Waals surface area contributed by atoms with Gasteiger partial charge in [0.1, 0.15) is 32.2 Å². The van der Waals surface area contributed by atoms with Gasteiger partial charge in [0.25, 0.3) is 0 Å². The number of unbranched alkanes of at least 4 members (excludes halogenated alkanes) is 5. The molecule has 0 aliphatic rings. The summed E-state index contributed by atoms with van der Waals surface area (Å²) in [5.74, 6) is -6.61. The highest BCUT2D eigenvalue weighted by Gasteiger charge is 2.24. The second-order valence-electron chi connectivity index (χ2n) is 18.4. The van der Waals surface area contributed by atoms with Crippen LogP contribution in [0.5, 0.6) is 0 Å². The molecule has 0 fully saturated rings. The molecule has 84 heavy (non-hydrogen) atoms. The number of ether oxygens (including phenoxy) is 1. The maximum Gasteiger partial charge on any atom is 0.407 e. The van der Waals surface area contributed by atoms with Crippen molar-refractivity contribution in [1.82, 2.24) is 47.0 Å². The summed E-state index contributed by atoms with van der Waals surface area (Å²) in [6.45, 7) is 1.21. The average molecular weight is 1210 g/mol. The fourth-order valence-corrected chi connectivity index (χ4v) is 6.82. The number of nitrogens with zero attached hydrogens (tertiary/aromatic N) is 2. The molecule has 0 aliphatic heterocycles. The zero-order valence-corrected chi connectivity index (χ0v) is 46.2. The SMILES string of the molecule is C.C.C.C.COC(=O)N[C@@H](CCCCNC(C)=O)C(=O)NCCC(=O)N(CC(=O)NCCCCC([NH-])C(N)=O)CC(=O)NCCCCC([NH-])C(N)=O.[NH-]C(CCCCNC(=O)CN(CC(=O)NCCCCC([NH-])C(N)=O)C(=O)CCN)C(N)=O. The minimum Gasteiger partial charge on any atom is -0.667 e. The number of nitrogens with two attached hydrogens (primary N) is 5. The summed E-state index contributed by atoms with van der Waals surface area (Å²) in [6.07, 6.45) is 5.26. The van der Waals surface area contributed by atoms with Crippen LogP contribution in [0.25, 0.3) is 22.9 Å². The van der Waals surface area contributed by atoms with Gasteiger partial charge in [-0.15, -0.1) is 0 Å². The highest BCUT2D eigenvalue weighted by Crippen LogP contribution is 2.07. The van der Waals surface area contributed by atoms with Crippen LogP contribution in [0, 0.1) is 0 Å². The summed E-state index contributed by atoms with van der Waals surface area (Å²) >= 11 is 0. The van der Waals surface area contributed by atoms with Crippen molar-refractivity contribution in [2.24, 2.45) is 28.7 Å². The minimum atomic E-state index is -1.04. The number of hydrogen-bond donors (Lipinski definition) is 12. The molecule has 13 amide bonds. The van der Waals surface area contributed by atoms with E-state index in [-0.39, 0.29) is 107 Å². The van der Waals surface area contributed by atoms with Gasteiger partial charge in [-0.25, -0.2) is 4.79 Å². The number of methoxy groups -OCH3 is 1. The number of alkyl carbamates (subject to hydrolysis) is 1. The van der Waals surface area contributed by atoms with Gasteiger partial charge in [-0.1, -0.05) is 105 Å². The summed E-state index contributed by atoms with van der Waals surface area (Å²) in [4.78, 5) is 156. The Labute approximate surface area is 496 Å². The lowest BCUT2D eigenvalue weighted by atomic mass is 10.1. The van der Waals surface area contributed by atoms with Crippen molar-refractivity contribution in [1.29, 1.82) is 0 Å². The third-order valence-electron chi connectivity index (χ3n) is 11.5. The van der Waals surface area contributed by atoms with Gasteiger partial charge in [-0.2, -0.15) is 0 Å². The molecule has 0 spiro atoms. The van der Waals surface area contributed by atoms with Gasteiger partial charge in [0.15, 0.2) is 23.6 Å². The summed E-state index contributed by atoms with van der Waals surface area (Å²) in [6, 6.07) is -4.98. The van der Waals surface area contributed by atoms with Crippen LogP contribution in [-0.2, 0) is 62.3 Å². The minimum absolute atomic E-state index is 0. The summed E-state index contributed by atoms with van der Waals surface area (Å²) < 4.78 is 4.58. The van der Waals surface area contributed by atoms with Gasteiger partial charge >= 0.3 is 6.09 Å². The highest BCUT2D eigenvalue weighted by atomic mass is 16.5. The molecule has 32 nitrogen and oxygen atoms in total. The largest absolute Gasteiger partial charge is 0.667 e. The molecule has 32 heteroatoms. The molecule has 0 radical (unpaired) electrons. The third kappa shape index (κ3) is 48.3. The predicted molar refractivity (Wildman–Crippen MR) is 320 cm³/mol. The van der Waals surface area contributed by atoms with Crippen molar-refractivity contribution >= 4 is 77.0 Å². The van der Waals surface area contributed by atoms with Crippen molar-refractivity contribution in [3.8, 4) is 0 Å². The summed E-state index contributed by atoms with van der Waals surface area (Å²) in [7, 11) is 1.15. The maximum atomic E-state index is 13.1. The number of amides is 13. The first-order valence-corrected chi connectivity index (χ1v) is 26.5. The number of primary amides is 4. The van der Waals surface area contributed by atoms with Crippen LogP contribution in [0.4, 0.5) is 4.79 Å². The molecule has 0 heterocycles. The van der Waals surface area contributed by atoms with E-state index >= 15 is 0 Å². The Morgan fingerprint density at radius 3 is 0.976 bits per heavy atom. The molecule has 5 atom stereocenters. The van der Waals surface area contributed by atoms with Crippen LogP contribution in [0.2, 0.25) is 0 Å². The van der Waals surface area contributed by atoms with E-state index in [9.17, 15) is 62.3 Å². The zero-order valence-electron chi connectivity index (χ0n) is 46.2. The normalized spacial score (nSPS) is 11.8. The molecule has 0 bridgehead atoms. The first-order chi connectivity index (χ1) is 37.7. The van der Waals surface area contributed by atoms with Gasteiger partial charge in [0.2, 0.25) is 47.3 Å². The van der Waals surface area contributed by atoms with E-state index in [0.29, 0.717) is 96.7 Å². The Hall–Kier alpha value is -7.29. The molecule has 0 aromatic carbocycles. The lowest BCUT2D eigenvalue weighted by Crippen LogP contribution is -2.49. The van der Waals surface area contributed by atoms with Crippen LogP contribution >= 0.6 is 0 Å². The molecule has 21 N–H and O–H groups in total. The number of rotatable bonds is 44. The Kier molecular flexibility index (Phi) is 56.2. The molecule has 0 aromatic heterocycles. The lowest BCUT2D eigenvalue weighted by molar-refractivity contribution is -0.139. The fourth-order valence-electron chi connectivity index (χ4n) is 6.82. The molecule has 0 saturated carbocycles. The van der Waals surface area contributed by atoms with E-state index in [1.807, 2.05) is 0 Å². The van der Waals surface area contributed by atoms with Crippen molar-refractivity contribution in [3.63, 3.8) is 0 Å². The van der Waals surface area contributed by atoms with E-state index in [4.69, 9.17) is 51.6 Å². The van der Waals surface area contributed by atoms with Crippen molar-refractivity contribution in [2.75, 3.05) is 79.1 Å². The van der Waals surface area contributed by atoms with Crippen molar-refractivity contribution in [2.45, 2.75) is 176 Å². The van der Waals surface area contributed by atoms with Gasteiger partial charge in [-0.3, -0.25) is 57.5 Å². The molecule has 4 unspecified atom stereocenters. The fraction of sp³-hybridized carbons (Fsp3) is 0.750. The van der Waals surface area contributed by atoms with Gasteiger partial charge in [-0.05, 0) is 44.9 Å². The zero-order chi connectivity index (χ0) is 61.0. The molecule has 0 rings (SSSR count). The second-order valence-corrected chi connectivity index (χ2v) is 18.4. The average Bonchev–Trinajstić information content (AvgIpc) is 3.39. The molecular weight excluding hydrogens is 1100 g/mol. The van der Waals surface area contributed by atoms with Crippen molar-refractivity contribution in [3.05, 3.63) is 22.9 Å². The van der Waals surface area contributed by atoms with E-state index in [0.717, 1.165) is 16.9 Å². The highest BCUT2D eigenvalue weighted by molar-refractivity contribution is 5.91. The van der Waals surface area contributed by atoms with Crippen LogP contribution < -0.4 is 65.9 Å². The quantitative estimate of drug-likeness (QED) is 0.0353. The van der Waals surface area contributed by atoms with E-state index in [1.165, 1.54) is 6.92 Å². The van der Waals surface area contributed by atoms with Gasteiger partial charge in [0.05, 0.1) is 7.11 Å². The molecule has 490 valence electrons. The molecule has 0 aromatic rings. The van der Waals surface area contributed by atoms with E-state index in [1.54, 1.807) is 0 Å². The summed E-state index contributed by atoms with van der Waals surface area (Å²) in [5, 5.41) is 18.2. The first-order valence-electron chi connectivity index (χ1n) is 26.5. The Morgan fingerprint density at radius 2 is 0.702 bits per heavy atom. The molecule has 0 saturated heterocycles. The smallest absolute Gasteiger partial charge is 0.407 e. The van der Waals surface area contributed by atoms with E-state index in [2.05, 4.69) is 42.0 Å². The second kappa shape index (κ2) is 53.7. The van der Waals surface area contributed by atoms with E-state index < -0.39 is 114 Å². The Bertz CT molecular complexity index is 1880. The monoisotopic (exact) mass is 1200 g/mol. The molecular formula is C52H104N18O14-4. The topological polar surface area (TPSA) is 547 Å². The lowest BCUT2D eigenvalue weighted by Gasteiger charge is -2.23. The maximum absolute atomic E-state index is 13.1. The van der Waals surface area contributed by atoms with Gasteiger partial charge in [0, 0.05) is 65.6 Å². The first kappa shape index (κ1) is 87.9. The number of carbonyl (C=O) groups excluding carboxylic acids is 13. The van der Waals surface area contributed by atoms with Crippen LogP contribution in [0.3, 0.4) is 0 Å². The van der Waals surface area contributed by atoms with Gasteiger partial charge < -0.3 is 103 Å².